The zero-order valence-corrected chi connectivity index (χ0v) is 18.8. The lowest BCUT2D eigenvalue weighted by Crippen LogP contribution is -2.43. The van der Waals surface area contributed by atoms with Crippen LogP contribution in [0, 0.1) is 12.7 Å². The summed E-state index contributed by atoms with van der Waals surface area (Å²) in [5.74, 6) is -0.438. The third-order valence-corrected chi connectivity index (χ3v) is 5.45. The maximum Gasteiger partial charge on any atom is 0.316 e. The van der Waals surface area contributed by atoms with E-state index in [2.05, 4.69) is 49.7 Å². The first-order valence-corrected chi connectivity index (χ1v) is 10.6. The predicted molar refractivity (Wildman–Crippen MR) is 126 cm³/mol. The minimum absolute atomic E-state index is 0.309. The van der Waals surface area contributed by atoms with Gasteiger partial charge in [-0.05, 0) is 30.7 Å². The molecule has 1 aliphatic heterocycles. The van der Waals surface area contributed by atoms with Crippen LogP contribution in [0.15, 0.2) is 36.7 Å². The Morgan fingerprint density at radius 1 is 1.21 bits per heavy atom. The highest BCUT2D eigenvalue weighted by atomic mass is 19.1. The maximum absolute atomic E-state index is 13.4. The number of ether oxygens (including phenoxy) is 1. The Kier molecular flexibility index (Phi) is 6.64. The number of carbonyl (C=O) groups excluding carboxylic acids is 1. The molecule has 172 valence electrons. The Balaban J connectivity index is 0.000000165. The summed E-state index contributed by atoms with van der Waals surface area (Å²) in [6.45, 7) is 6.14. The fourth-order valence-corrected chi connectivity index (χ4v) is 3.87. The Morgan fingerprint density at radius 2 is 2.00 bits per heavy atom. The molecule has 0 radical (unpaired) electrons. The van der Waals surface area contributed by atoms with Gasteiger partial charge in [0.25, 0.3) is 0 Å². The molecule has 1 fully saturated rings. The number of piperazine rings is 1. The predicted octanol–water partition coefficient (Wildman–Crippen LogP) is 2.64. The molecular formula is C23H26FN7O2. The van der Waals surface area contributed by atoms with Gasteiger partial charge in [0.05, 0.1) is 12.6 Å². The van der Waals surface area contributed by atoms with Gasteiger partial charge in [-0.2, -0.15) is 10.1 Å². The number of nitrogens with one attached hydrogen (secondary N) is 2. The van der Waals surface area contributed by atoms with Gasteiger partial charge in [0.2, 0.25) is 6.41 Å². The van der Waals surface area contributed by atoms with Crippen molar-refractivity contribution in [1.82, 2.24) is 25.1 Å². The Morgan fingerprint density at radius 3 is 2.73 bits per heavy atom. The van der Waals surface area contributed by atoms with Gasteiger partial charge >= 0.3 is 6.01 Å². The van der Waals surface area contributed by atoms with Gasteiger partial charge in [0, 0.05) is 67.8 Å². The van der Waals surface area contributed by atoms with Crippen molar-refractivity contribution in [3.8, 4) is 6.01 Å². The molecule has 1 aliphatic rings. The van der Waals surface area contributed by atoms with Crippen molar-refractivity contribution in [3.05, 3.63) is 48.0 Å². The van der Waals surface area contributed by atoms with Gasteiger partial charge in [-0.15, -0.1) is 0 Å². The molecule has 0 spiro atoms. The molecule has 2 aromatic heterocycles. The Bertz CT molecular complexity index is 1290. The number of benzene rings is 2. The van der Waals surface area contributed by atoms with Crippen LogP contribution in [0.1, 0.15) is 5.56 Å². The van der Waals surface area contributed by atoms with E-state index in [1.807, 2.05) is 6.20 Å². The molecular weight excluding hydrogens is 425 g/mol. The fourth-order valence-electron chi connectivity index (χ4n) is 3.87. The third-order valence-electron chi connectivity index (χ3n) is 5.45. The lowest BCUT2D eigenvalue weighted by molar-refractivity contribution is -0.105. The van der Waals surface area contributed by atoms with Crippen molar-refractivity contribution in [3.63, 3.8) is 0 Å². The topological polar surface area (TPSA) is 97.2 Å². The molecule has 3 heterocycles. The quantitative estimate of drug-likeness (QED) is 0.461. The lowest BCUT2D eigenvalue weighted by Gasteiger charge is -2.30. The number of hydrogen-bond acceptors (Lipinski definition) is 7. The molecule has 2 aromatic carbocycles. The zero-order chi connectivity index (χ0) is 23.4. The first kappa shape index (κ1) is 22.4. The number of carbonyl (C=O) groups is 1. The first-order valence-electron chi connectivity index (χ1n) is 10.6. The smallest absolute Gasteiger partial charge is 0.316 e. The number of fused-ring (bicyclic) bond motifs is 2. The van der Waals surface area contributed by atoms with Crippen molar-refractivity contribution < 1.29 is 13.9 Å². The average Bonchev–Trinajstić information content (AvgIpc) is 3.21. The van der Waals surface area contributed by atoms with Crippen LogP contribution in [0.5, 0.6) is 6.01 Å². The summed E-state index contributed by atoms with van der Waals surface area (Å²) in [6, 6.07) is 7.61. The summed E-state index contributed by atoms with van der Waals surface area (Å²) in [6.07, 6.45) is 4.07. The Hall–Kier alpha value is -3.79. The van der Waals surface area contributed by atoms with E-state index in [0.717, 1.165) is 42.6 Å². The second-order valence-corrected chi connectivity index (χ2v) is 7.72. The molecule has 0 bridgehead atoms. The number of nitrogens with zero attached hydrogens (tertiary/aromatic N) is 5. The SMILES string of the molecule is COc1ncc2c(N3CCNCC3)ccc(C)c2n1.Cn1cc2cc(NC=O)cc(F)c2n1. The standard InChI is InChI=1S/C14H18N4O.C9H8FN3O/c1-10-3-4-12(18-7-5-15-6-8-18)11-9-16-14(19-2)17-13(10)11;1-13-4-6-2-7(11-5-14)3-8(10)9(6)12-13/h3-4,9,15H,5-8H2,1-2H3;2-5H,1H3,(H,11,14). The van der Waals surface area contributed by atoms with E-state index >= 15 is 0 Å². The summed E-state index contributed by atoms with van der Waals surface area (Å²) in [5, 5.41) is 11.5. The first-order chi connectivity index (χ1) is 16.0. The van der Waals surface area contributed by atoms with Crippen molar-refractivity contribution in [2.45, 2.75) is 6.92 Å². The van der Waals surface area contributed by atoms with E-state index in [1.165, 1.54) is 16.4 Å². The second-order valence-electron chi connectivity index (χ2n) is 7.72. The van der Waals surface area contributed by atoms with Gasteiger partial charge in [0.1, 0.15) is 5.52 Å². The molecule has 33 heavy (non-hydrogen) atoms. The largest absolute Gasteiger partial charge is 0.467 e. The monoisotopic (exact) mass is 451 g/mol. The van der Waals surface area contributed by atoms with Gasteiger partial charge in [-0.1, -0.05) is 6.07 Å². The number of methoxy groups -OCH3 is 1. The summed E-state index contributed by atoms with van der Waals surface area (Å²) in [4.78, 5) is 21.3. The number of anilines is 2. The minimum Gasteiger partial charge on any atom is -0.467 e. The fraction of sp³-hybridized carbons (Fsp3) is 0.304. The molecule has 10 heteroatoms. The maximum atomic E-state index is 13.4. The van der Waals surface area contributed by atoms with Gasteiger partial charge in [-0.3, -0.25) is 9.48 Å². The number of aromatic nitrogens is 4. The summed E-state index contributed by atoms with van der Waals surface area (Å²) in [7, 11) is 3.31. The third kappa shape index (κ3) is 4.85. The number of amides is 1. The van der Waals surface area contributed by atoms with Gasteiger partial charge in [0.15, 0.2) is 5.82 Å². The summed E-state index contributed by atoms with van der Waals surface area (Å²) >= 11 is 0. The molecule has 0 unspecified atom stereocenters. The highest BCUT2D eigenvalue weighted by Gasteiger charge is 2.15. The molecule has 9 nitrogen and oxygen atoms in total. The number of rotatable bonds is 4. The minimum atomic E-state index is -0.438. The van der Waals surface area contributed by atoms with Crippen LogP contribution in [0.4, 0.5) is 15.8 Å². The number of hydrogen-bond donors (Lipinski definition) is 2. The van der Waals surface area contributed by atoms with Crippen LogP contribution in [0.2, 0.25) is 0 Å². The molecule has 5 rings (SSSR count). The molecule has 4 aromatic rings. The highest BCUT2D eigenvalue weighted by Crippen LogP contribution is 2.29. The molecule has 0 aliphatic carbocycles. The van der Waals surface area contributed by atoms with Crippen LogP contribution < -0.4 is 20.3 Å². The number of halogens is 1. The normalized spacial score (nSPS) is 13.5. The lowest BCUT2D eigenvalue weighted by atomic mass is 10.1. The van der Waals surface area contributed by atoms with E-state index in [1.54, 1.807) is 26.4 Å². The van der Waals surface area contributed by atoms with Gasteiger partial charge in [-0.25, -0.2) is 9.37 Å². The Labute approximate surface area is 190 Å². The average molecular weight is 452 g/mol. The van der Waals surface area contributed by atoms with E-state index in [4.69, 9.17) is 4.74 Å². The van der Waals surface area contributed by atoms with Crippen molar-refractivity contribution in [2.75, 3.05) is 43.5 Å². The van der Waals surface area contributed by atoms with Crippen LogP contribution in [-0.2, 0) is 11.8 Å². The van der Waals surface area contributed by atoms with Crippen LogP contribution in [0.25, 0.3) is 21.8 Å². The number of aryl methyl sites for hydroxylation is 2. The molecule has 0 saturated carbocycles. The van der Waals surface area contributed by atoms with E-state index in [0.29, 0.717) is 29.0 Å². The molecule has 0 atom stereocenters. The van der Waals surface area contributed by atoms with Crippen molar-refractivity contribution in [1.29, 1.82) is 0 Å². The van der Waals surface area contributed by atoms with E-state index in [9.17, 15) is 9.18 Å². The van der Waals surface area contributed by atoms with Gasteiger partial charge < -0.3 is 20.3 Å². The van der Waals surface area contributed by atoms with Crippen molar-refractivity contribution >= 4 is 39.6 Å². The molecule has 1 amide bonds. The van der Waals surface area contributed by atoms with Crippen LogP contribution in [0.3, 0.4) is 0 Å². The highest BCUT2D eigenvalue weighted by molar-refractivity contribution is 5.93. The van der Waals surface area contributed by atoms with Crippen LogP contribution >= 0.6 is 0 Å². The van der Waals surface area contributed by atoms with Crippen LogP contribution in [-0.4, -0.2) is 59.4 Å². The second kappa shape index (κ2) is 9.78. The van der Waals surface area contributed by atoms with E-state index < -0.39 is 5.82 Å². The summed E-state index contributed by atoms with van der Waals surface area (Å²) < 4.78 is 20.0. The zero-order valence-electron chi connectivity index (χ0n) is 18.8. The molecule has 1 saturated heterocycles. The van der Waals surface area contributed by atoms with E-state index in [-0.39, 0.29) is 0 Å². The van der Waals surface area contributed by atoms with Crippen molar-refractivity contribution in [2.24, 2.45) is 7.05 Å². The molecule has 2 N–H and O–H groups in total. The summed E-state index contributed by atoms with van der Waals surface area (Å²) in [5.41, 5.74) is 4.07.